The van der Waals surface area contributed by atoms with Crippen molar-refractivity contribution >= 4 is 38.7 Å². The van der Waals surface area contributed by atoms with E-state index in [-0.39, 0.29) is 10.6 Å². The van der Waals surface area contributed by atoms with Crippen LogP contribution in [0.2, 0.25) is 0 Å². The molecule has 0 atom stereocenters. The molecule has 1 heterocycles. The molecule has 0 unspecified atom stereocenters. The summed E-state index contributed by atoms with van der Waals surface area (Å²) in [5.41, 5.74) is 0.829. The standard InChI is InChI=1S/C17H12F2N2O2S/c1-23-12-4-2-3-10(7-12)5-6-15(22)20-17-21-16-13(19)8-11(18)9-14(16)24-17/h2-9H,1H3,(H,20,21,22)/b6-5+. The van der Waals surface area contributed by atoms with E-state index < -0.39 is 17.5 Å². The molecule has 3 rings (SSSR count). The minimum absolute atomic E-state index is 0.0356. The Morgan fingerprint density at radius 3 is 2.92 bits per heavy atom. The molecule has 0 aliphatic rings. The lowest BCUT2D eigenvalue weighted by Crippen LogP contribution is -2.07. The minimum Gasteiger partial charge on any atom is -0.497 e. The van der Waals surface area contributed by atoms with Crippen LogP contribution in [0.25, 0.3) is 16.3 Å². The molecule has 0 fully saturated rings. The van der Waals surface area contributed by atoms with Gasteiger partial charge in [-0.15, -0.1) is 0 Å². The van der Waals surface area contributed by atoms with Crippen molar-refractivity contribution in [1.29, 1.82) is 0 Å². The molecule has 1 amide bonds. The predicted octanol–water partition coefficient (Wildman–Crippen LogP) is 4.24. The molecule has 3 aromatic rings. The Kier molecular flexibility index (Phi) is 4.52. The molecular weight excluding hydrogens is 334 g/mol. The van der Waals surface area contributed by atoms with Crippen LogP contribution < -0.4 is 10.1 Å². The molecule has 0 radical (unpaired) electrons. The van der Waals surface area contributed by atoms with E-state index in [0.717, 1.165) is 23.0 Å². The van der Waals surface area contributed by atoms with Crippen LogP contribution in [0, 0.1) is 11.6 Å². The second kappa shape index (κ2) is 6.76. The average molecular weight is 346 g/mol. The number of nitrogens with one attached hydrogen (secondary N) is 1. The van der Waals surface area contributed by atoms with Crippen molar-refractivity contribution < 1.29 is 18.3 Å². The van der Waals surface area contributed by atoms with Gasteiger partial charge in [-0.2, -0.15) is 0 Å². The maximum Gasteiger partial charge on any atom is 0.250 e. The van der Waals surface area contributed by atoms with Gasteiger partial charge >= 0.3 is 0 Å². The molecule has 0 saturated heterocycles. The fourth-order valence-electron chi connectivity index (χ4n) is 2.07. The predicted molar refractivity (Wildman–Crippen MR) is 90.2 cm³/mol. The first kappa shape index (κ1) is 16.1. The number of fused-ring (bicyclic) bond motifs is 1. The highest BCUT2D eigenvalue weighted by molar-refractivity contribution is 7.22. The van der Waals surface area contributed by atoms with E-state index in [0.29, 0.717) is 10.4 Å². The zero-order chi connectivity index (χ0) is 17.1. The van der Waals surface area contributed by atoms with Gasteiger partial charge in [-0.05, 0) is 29.8 Å². The zero-order valence-corrected chi connectivity index (χ0v) is 13.4. The van der Waals surface area contributed by atoms with Crippen LogP contribution in [0.5, 0.6) is 5.75 Å². The molecule has 0 aliphatic heterocycles. The Labute approximate surface area is 140 Å². The summed E-state index contributed by atoms with van der Waals surface area (Å²) in [6, 6.07) is 9.14. The summed E-state index contributed by atoms with van der Waals surface area (Å²) in [4.78, 5) is 15.9. The first-order valence-electron chi connectivity index (χ1n) is 6.94. The average Bonchev–Trinajstić information content (AvgIpc) is 2.95. The summed E-state index contributed by atoms with van der Waals surface area (Å²) in [6.07, 6.45) is 2.95. The van der Waals surface area contributed by atoms with E-state index in [1.807, 2.05) is 6.07 Å². The number of hydrogen-bond donors (Lipinski definition) is 1. The molecule has 1 N–H and O–H groups in total. The van der Waals surface area contributed by atoms with Crippen LogP contribution in [0.15, 0.2) is 42.5 Å². The second-order valence-electron chi connectivity index (χ2n) is 4.85. The lowest BCUT2D eigenvalue weighted by atomic mass is 10.2. The van der Waals surface area contributed by atoms with Gasteiger partial charge in [-0.1, -0.05) is 23.5 Å². The Morgan fingerprint density at radius 1 is 1.29 bits per heavy atom. The topological polar surface area (TPSA) is 51.2 Å². The molecule has 4 nitrogen and oxygen atoms in total. The number of methoxy groups -OCH3 is 1. The number of carbonyl (C=O) groups excluding carboxylic acids is 1. The molecule has 1 aromatic heterocycles. The van der Waals surface area contributed by atoms with Crippen molar-refractivity contribution in [2.24, 2.45) is 0 Å². The van der Waals surface area contributed by atoms with Crippen LogP contribution in [-0.4, -0.2) is 18.0 Å². The number of carbonyl (C=O) groups is 1. The SMILES string of the molecule is COc1cccc(/C=C/C(=O)Nc2nc3c(F)cc(F)cc3s2)c1. The quantitative estimate of drug-likeness (QED) is 0.719. The smallest absolute Gasteiger partial charge is 0.250 e. The van der Waals surface area contributed by atoms with E-state index in [9.17, 15) is 13.6 Å². The van der Waals surface area contributed by atoms with Gasteiger partial charge in [0.05, 0.1) is 11.8 Å². The number of nitrogens with zero attached hydrogens (tertiary/aromatic N) is 1. The summed E-state index contributed by atoms with van der Waals surface area (Å²) in [5.74, 6) is -1.17. The van der Waals surface area contributed by atoms with Crippen molar-refractivity contribution in [3.63, 3.8) is 0 Å². The summed E-state index contributed by atoms with van der Waals surface area (Å²) in [7, 11) is 1.56. The van der Waals surface area contributed by atoms with Gasteiger partial charge in [-0.3, -0.25) is 10.1 Å². The maximum atomic E-state index is 13.6. The normalized spacial score (nSPS) is 11.1. The number of thiazole rings is 1. The molecule has 0 bridgehead atoms. The molecule has 0 spiro atoms. The monoisotopic (exact) mass is 346 g/mol. The third-order valence-corrected chi connectivity index (χ3v) is 4.08. The Hall–Kier alpha value is -2.80. The van der Waals surface area contributed by atoms with Crippen LogP contribution in [-0.2, 0) is 4.79 Å². The van der Waals surface area contributed by atoms with E-state index in [1.165, 1.54) is 12.1 Å². The van der Waals surface area contributed by atoms with E-state index >= 15 is 0 Å². The Balaban J connectivity index is 1.74. The van der Waals surface area contributed by atoms with Crippen LogP contribution >= 0.6 is 11.3 Å². The first-order chi connectivity index (χ1) is 11.5. The fraction of sp³-hybridized carbons (Fsp3) is 0.0588. The van der Waals surface area contributed by atoms with Crippen molar-refractivity contribution in [3.8, 4) is 5.75 Å². The van der Waals surface area contributed by atoms with Gasteiger partial charge in [0.15, 0.2) is 10.9 Å². The van der Waals surface area contributed by atoms with Crippen molar-refractivity contribution in [3.05, 3.63) is 59.7 Å². The lowest BCUT2D eigenvalue weighted by Gasteiger charge is -2.00. The third kappa shape index (κ3) is 3.57. The molecule has 24 heavy (non-hydrogen) atoms. The number of ether oxygens (including phenoxy) is 1. The molecule has 0 aliphatic carbocycles. The highest BCUT2D eigenvalue weighted by atomic mass is 32.1. The maximum absolute atomic E-state index is 13.6. The van der Waals surface area contributed by atoms with E-state index in [2.05, 4.69) is 10.3 Å². The molecule has 2 aromatic carbocycles. The van der Waals surface area contributed by atoms with Gasteiger partial charge in [0.1, 0.15) is 17.1 Å². The summed E-state index contributed by atoms with van der Waals surface area (Å²) in [5, 5.41) is 2.74. The van der Waals surface area contributed by atoms with Gasteiger partial charge in [-0.25, -0.2) is 13.8 Å². The van der Waals surface area contributed by atoms with Crippen molar-refractivity contribution in [1.82, 2.24) is 4.98 Å². The van der Waals surface area contributed by atoms with Crippen LogP contribution in [0.4, 0.5) is 13.9 Å². The highest BCUT2D eigenvalue weighted by Gasteiger charge is 2.11. The number of amides is 1. The van der Waals surface area contributed by atoms with Crippen LogP contribution in [0.3, 0.4) is 0 Å². The first-order valence-corrected chi connectivity index (χ1v) is 7.75. The van der Waals surface area contributed by atoms with Crippen molar-refractivity contribution in [2.45, 2.75) is 0 Å². The molecular formula is C17H12F2N2O2S. The number of benzene rings is 2. The fourth-order valence-corrected chi connectivity index (χ4v) is 2.98. The second-order valence-corrected chi connectivity index (χ2v) is 5.88. The minimum atomic E-state index is -0.756. The largest absolute Gasteiger partial charge is 0.497 e. The number of hydrogen-bond acceptors (Lipinski definition) is 4. The molecule has 0 saturated carbocycles. The van der Waals surface area contributed by atoms with E-state index in [1.54, 1.807) is 31.4 Å². The number of aromatic nitrogens is 1. The molecule has 122 valence electrons. The summed E-state index contributed by atoms with van der Waals surface area (Å²) < 4.78 is 32.2. The highest BCUT2D eigenvalue weighted by Crippen LogP contribution is 2.28. The number of rotatable bonds is 4. The van der Waals surface area contributed by atoms with Crippen LogP contribution in [0.1, 0.15) is 5.56 Å². The van der Waals surface area contributed by atoms with Crippen molar-refractivity contribution in [2.75, 3.05) is 12.4 Å². The molecule has 7 heteroatoms. The zero-order valence-electron chi connectivity index (χ0n) is 12.5. The Bertz CT molecular complexity index is 937. The van der Waals surface area contributed by atoms with Gasteiger partial charge in [0.25, 0.3) is 0 Å². The number of halogens is 2. The Morgan fingerprint density at radius 2 is 2.12 bits per heavy atom. The van der Waals surface area contributed by atoms with Gasteiger partial charge in [0.2, 0.25) is 5.91 Å². The summed E-state index contributed by atoms with van der Waals surface area (Å²) >= 11 is 1.00. The lowest BCUT2D eigenvalue weighted by molar-refractivity contribution is -0.111. The third-order valence-electron chi connectivity index (χ3n) is 3.16. The van der Waals surface area contributed by atoms with E-state index in [4.69, 9.17) is 4.74 Å². The van der Waals surface area contributed by atoms with Gasteiger partial charge < -0.3 is 4.74 Å². The van der Waals surface area contributed by atoms with Gasteiger partial charge in [0, 0.05) is 12.1 Å². The number of anilines is 1. The summed E-state index contributed by atoms with van der Waals surface area (Å²) in [6.45, 7) is 0.